The highest BCUT2D eigenvalue weighted by molar-refractivity contribution is 7.89. The number of hydrogen-bond donors (Lipinski definition) is 2. The zero-order valence-corrected chi connectivity index (χ0v) is 14.3. The van der Waals surface area contributed by atoms with E-state index in [2.05, 4.69) is 4.72 Å². The third kappa shape index (κ3) is 4.10. The van der Waals surface area contributed by atoms with Gasteiger partial charge in [0.05, 0.1) is 17.5 Å². The highest BCUT2D eigenvalue weighted by Gasteiger charge is 2.21. The van der Waals surface area contributed by atoms with Gasteiger partial charge in [-0.3, -0.25) is 0 Å². The van der Waals surface area contributed by atoms with Crippen LogP contribution in [0, 0.1) is 6.92 Å². The normalized spacial score (nSPS) is 12.9. The van der Waals surface area contributed by atoms with Crippen molar-refractivity contribution in [3.05, 3.63) is 59.7 Å². The molecule has 0 bridgehead atoms. The monoisotopic (exact) mass is 334 g/mol. The molecule has 0 saturated heterocycles. The van der Waals surface area contributed by atoms with Crippen LogP contribution in [-0.2, 0) is 10.0 Å². The number of aliphatic hydroxyl groups is 1. The van der Waals surface area contributed by atoms with Gasteiger partial charge in [-0.1, -0.05) is 36.4 Å². The number of anilines is 1. The molecule has 0 amide bonds. The number of nitrogens with zero attached hydrogens (tertiary/aromatic N) is 1. The summed E-state index contributed by atoms with van der Waals surface area (Å²) in [6.07, 6.45) is 0. The van der Waals surface area contributed by atoms with E-state index in [1.165, 1.54) is 0 Å². The van der Waals surface area contributed by atoms with Crippen LogP contribution in [0.2, 0.25) is 0 Å². The molecule has 0 aliphatic heterocycles. The van der Waals surface area contributed by atoms with E-state index in [-0.39, 0.29) is 11.5 Å². The molecule has 0 radical (unpaired) electrons. The Morgan fingerprint density at radius 3 is 2.35 bits per heavy atom. The second kappa shape index (κ2) is 7.12. The van der Waals surface area contributed by atoms with Gasteiger partial charge >= 0.3 is 0 Å². The molecule has 0 heterocycles. The van der Waals surface area contributed by atoms with Gasteiger partial charge in [-0.05, 0) is 30.2 Å². The number of benzene rings is 2. The van der Waals surface area contributed by atoms with Crippen LogP contribution >= 0.6 is 0 Å². The van der Waals surface area contributed by atoms with Crippen LogP contribution in [0.5, 0.6) is 0 Å². The molecule has 0 spiro atoms. The minimum absolute atomic E-state index is 0.182. The fraction of sp³-hybridized carbons (Fsp3) is 0.294. The highest BCUT2D eigenvalue weighted by atomic mass is 32.2. The molecule has 6 heteroatoms. The van der Waals surface area contributed by atoms with Gasteiger partial charge in [0, 0.05) is 19.8 Å². The van der Waals surface area contributed by atoms with E-state index in [9.17, 15) is 13.5 Å². The predicted octanol–water partition coefficient (Wildman–Crippen LogP) is 2.07. The second-order valence-electron chi connectivity index (χ2n) is 5.61. The van der Waals surface area contributed by atoms with Crippen molar-refractivity contribution in [2.45, 2.75) is 17.9 Å². The Balaban J connectivity index is 2.33. The Bertz CT molecular complexity index is 759. The minimum Gasteiger partial charge on any atom is -0.394 e. The van der Waals surface area contributed by atoms with Crippen molar-refractivity contribution < 1.29 is 13.5 Å². The van der Waals surface area contributed by atoms with Crippen molar-refractivity contribution in [1.82, 2.24) is 4.72 Å². The van der Waals surface area contributed by atoms with Crippen molar-refractivity contribution in [1.29, 1.82) is 0 Å². The van der Waals surface area contributed by atoms with Crippen LogP contribution in [0.3, 0.4) is 0 Å². The fourth-order valence-corrected chi connectivity index (χ4v) is 3.62. The van der Waals surface area contributed by atoms with Crippen molar-refractivity contribution in [3.63, 3.8) is 0 Å². The van der Waals surface area contributed by atoms with Gasteiger partial charge < -0.3 is 10.0 Å². The minimum atomic E-state index is -3.73. The van der Waals surface area contributed by atoms with E-state index >= 15 is 0 Å². The molecule has 23 heavy (non-hydrogen) atoms. The molecule has 1 atom stereocenters. The van der Waals surface area contributed by atoms with Gasteiger partial charge in [-0.2, -0.15) is 0 Å². The first kappa shape index (κ1) is 17.5. The molecule has 0 saturated carbocycles. The van der Waals surface area contributed by atoms with E-state index in [0.717, 1.165) is 16.8 Å². The third-order valence-corrected chi connectivity index (χ3v) is 5.12. The fourth-order valence-electron chi connectivity index (χ4n) is 2.39. The SMILES string of the molecule is Cc1ccc(S(=O)(=O)N[C@H](CO)c2ccccc2)cc1N(C)C. The second-order valence-corrected chi connectivity index (χ2v) is 7.32. The standard InChI is InChI=1S/C17H22N2O3S/c1-13-9-10-15(11-17(13)19(2)3)23(21,22)18-16(12-20)14-7-5-4-6-8-14/h4-11,16,18,20H,12H2,1-3H3/t16-/m1/s1. The summed E-state index contributed by atoms with van der Waals surface area (Å²) in [4.78, 5) is 2.05. The lowest BCUT2D eigenvalue weighted by Crippen LogP contribution is -2.31. The summed E-state index contributed by atoms with van der Waals surface area (Å²) >= 11 is 0. The molecule has 0 aliphatic rings. The van der Waals surface area contributed by atoms with Gasteiger partial charge in [-0.25, -0.2) is 13.1 Å². The molecule has 0 fully saturated rings. The molecule has 0 aliphatic carbocycles. The third-order valence-electron chi connectivity index (χ3n) is 3.65. The number of rotatable bonds is 6. The molecule has 0 unspecified atom stereocenters. The largest absolute Gasteiger partial charge is 0.394 e. The van der Waals surface area contributed by atoms with Gasteiger partial charge in [0.2, 0.25) is 10.0 Å². The quantitative estimate of drug-likeness (QED) is 0.848. The lowest BCUT2D eigenvalue weighted by molar-refractivity contribution is 0.259. The van der Waals surface area contributed by atoms with Crippen molar-refractivity contribution in [3.8, 4) is 0 Å². The summed E-state index contributed by atoms with van der Waals surface area (Å²) in [6, 6.07) is 13.3. The van der Waals surface area contributed by atoms with E-state index < -0.39 is 16.1 Å². The van der Waals surface area contributed by atoms with E-state index in [1.807, 2.05) is 44.1 Å². The molecule has 5 nitrogen and oxygen atoms in total. The molecular formula is C17H22N2O3S. The van der Waals surface area contributed by atoms with Gasteiger partial charge in [0.15, 0.2) is 0 Å². The number of aryl methyl sites for hydroxylation is 1. The van der Waals surface area contributed by atoms with E-state index in [0.29, 0.717) is 0 Å². The summed E-state index contributed by atoms with van der Waals surface area (Å²) in [7, 11) is 0.00624. The number of sulfonamides is 1. The average Bonchev–Trinajstić information content (AvgIpc) is 2.53. The summed E-state index contributed by atoms with van der Waals surface area (Å²) < 4.78 is 27.8. The summed E-state index contributed by atoms with van der Waals surface area (Å²) in [6.45, 7) is 1.62. The zero-order chi connectivity index (χ0) is 17.0. The first-order valence-electron chi connectivity index (χ1n) is 7.31. The lowest BCUT2D eigenvalue weighted by atomic mass is 10.1. The van der Waals surface area contributed by atoms with Crippen LogP contribution in [0.15, 0.2) is 53.4 Å². The van der Waals surface area contributed by atoms with Crippen LogP contribution in [0.4, 0.5) is 5.69 Å². The van der Waals surface area contributed by atoms with Crippen molar-refractivity contribution in [2.24, 2.45) is 0 Å². The maximum Gasteiger partial charge on any atom is 0.241 e. The highest BCUT2D eigenvalue weighted by Crippen LogP contribution is 2.24. The zero-order valence-electron chi connectivity index (χ0n) is 13.5. The average molecular weight is 334 g/mol. The van der Waals surface area contributed by atoms with Gasteiger partial charge in [-0.15, -0.1) is 0 Å². The molecule has 2 rings (SSSR count). The molecule has 2 N–H and O–H groups in total. The number of aliphatic hydroxyl groups excluding tert-OH is 1. The summed E-state index contributed by atoms with van der Waals surface area (Å²) in [5.41, 5.74) is 2.56. The van der Waals surface area contributed by atoms with Crippen LogP contribution in [0.1, 0.15) is 17.2 Å². The first-order valence-corrected chi connectivity index (χ1v) is 8.79. The van der Waals surface area contributed by atoms with Crippen LogP contribution in [0.25, 0.3) is 0 Å². The first-order chi connectivity index (χ1) is 10.8. The van der Waals surface area contributed by atoms with Gasteiger partial charge in [0.1, 0.15) is 0 Å². The van der Waals surface area contributed by atoms with Gasteiger partial charge in [0.25, 0.3) is 0 Å². The Labute approximate surface area is 137 Å². The predicted molar refractivity (Wildman–Crippen MR) is 92.1 cm³/mol. The van der Waals surface area contributed by atoms with E-state index in [1.54, 1.807) is 30.3 Å². The van der Waals surface area contributed by atoms with Crippen molar-refractivity contribution >= 4 is 15.7 Å². The number of hydrogen-bond acceptors (Lipinski definition) is 4. The molecule has 2 aromatic carbocycles. The summed E-state index contributed by atoms with van der Waals surface area (Å²) in [5, 5.41) is 9.54. The molecule has 0 aromatic heterocycles. The Kier molecular flexibility index (Phi) is 5.41. The van der Waals surface area contributed by atoms with Crippen LogP contribution < -0.4 is 9.62 Å². The Hall–Kier alpha value is -1.89. The molecular weight excluding hydrogens is 312 g/mol. The maximum absolute atomic E-state index is 12.6. The smallest absolute Gasteiger partial charge is 0.241 e. The summed E-state index contributed by atoms with van der Waals surface area (Å²) in [5.74, 6) is 0. The Morgan fingerprint density at radius 1 is 1.13 bits per heavy atom. The topological polar surface area (TPSA) is 69.6 Å². The maximum atomic E-state index is 12.6. The lowest BCUT2D eigenvalue weighted by Gasteiger charge is -2.19. The number of nitrogens with one attached hydrogen (secondary N) is 1. The molecule has 124 valence electrons. The van der Waals surface area contributed by atoms with E-state index in [4.69, 9.17) is 0 Å². The molecule has 2 aromatic rings. The Morgan fingerprint density at radius 2 is 1.78 bits per heavy atom. The van der Waals surface area contributed by atoms with Crippen LogP contribution in [-0.4, -0.2) is 34.2 Å². The van der Waals surface area contributed by atoms with Crippen molar-refractivity contribution in [2.75, 3.05) is 25.6 Å².